The maximum absolute atomic E-state index is 5.93. The summed E-state index contributed by atoms with van der Waals surface area (Å²) < 4.78 is 8.33. The Kier molecular flexibility index (Phi) is 2.59. The lowest BCUT2D eigenvalue weighted by Gasteiger charge is -2.03. The highest BCUT2D eigenvalue weighted by molar-refractivity contribution is 9.10. The summed E-state index contributed by atoms with van der Waals surface area (Å²) in [6, 6.07) is 5.84. The molecule has 0 atom stereocenters. The Morgan fingerprint density at radius 1 is 1.44 bits per heavy atom. The number of nitrogens with zero attached hydrogens (tertiary/aromatic N) is 3. The van der Waals surface area contributed by atoms with Crippen molar-refractivity contribution in [3.8, 4) is 0 Å². The molecule has 3 aromatic rings. The van der Waals surface area contributed by atoms with E-state index in [9.17, 15) is 0 Å². The molecule has 0 aliphatic carbocycles. The number of hydrogen-bond donors (Lipinski definition) is 1. The van der Waals surface area contributed by atoms with Crippen LogP contribution in [0.4, 0.5) is 5.95 Å². The van der Waals surface area contributed by atoms with Gasteiger partial charge in [0.1, 0.15) is 12.3 Å². The van der Waals surface area contributed by atoms with Crippen molar-refractivity contribution in [2.24, 2.45) is 0 Å². The number of oxazole rings is 1. The molecule has 0 fully saturated rings. The Morgan fingerprint density at radius 2 is 2.28 bits per heavy atom. The van der Waals surface area contributed by atoms with Gasteiger partial charge in [0.25, 0.3) is 0 Å². The maximum atomic E-state index is 5.93. The number of fused-ring (bicyclic) bond motifs is 1. The highest BCUT2D eigenvalue weighted by Crippen LogP contribution is 2.23. The van der Waals surface area contributed by atoms with Crippen LogP contribution in [0.25, 0.3) is 11.0 Å². The third kappa shape index (κ3) is 1.88. The number of nitrogens with two attached hydrogens (primary N) is 1. The monoisotopic (exact) mass is 306 g/mol. The normalized spacial score (nSPS) is 11.2. The first-order valence-electron chi connectivity index (χ1n) is 5.46. The van der Waals surface area contributed by atoms with E-state index in [1.54, 1.807) is 6.20 Å². The Morgan fingerprint density at radius 3 is 3.00 bits per heavy atom. The molecule has 0 aliphatic heterocycles. The number of aryl methyl sites for hydroxylation is 1. The van der Waals surface area contributed by atoms with Gasteiger partial charge in [0, 0.05) is 4.47 Å². The summed E-state index contributed by atoms with van der Waals surface area (Å²) in [5, 5.41) is 0. The molecule has 3 rings (SSSR count). The predicted molar refractivity (Wildman–Crippen MR) is 72.2 cm³/mol. The van der Waals surface area contributed by atoms with Crippen LogP contribution in [0.1, 0.15) is 11.7 Å². The average Bonchev–Trinajstić information content (AvgIpc) is 2.86. The second-order valence-electron chi connectivity index (χ2n) is 4.05. The molecule has 18 heavy (non-hydrogen) atoms. The number of imidazole rings is 1. The van der Waals surface area contributed by atoms with E-state index < -0.39 is 0 Å². The van der Waals surface area contributed by atoms with Gasteiger partial charge in [-0.2, -0.15) is 0 Å². The van der Waals surface area contributed by atoms with E-state index in [-0.39, 0.29) is 0 Å². The van der Waals surface area contributed by atoms with E-state index in [1.165, 1.54) is 0 Å². The predicted octanol–water partition coefficient (Wildman–Crippen LogP) is 2.73. The second-order valence-corrected chi connectivity index (χ2v) is 4.97. The molecule has 2 heterocycles. The van der Waals surface area contributed by atoms with Gasteiger partial charge in [-0.3, -0.25) is 0 Å². The zero-order valence-electron chi connectivity index (χ0n) is 9.72. The van der Waals surface area contributed by atoms with Gasteiger partial charge in [0.05, 0.1) is 17.2 Å². The third-order valence-corrected chi connectivity index (χ3v) is 3.20. The highest BCUT2D eigenvalue weighted by atomic mass is 79.9. The molecule has 92 valence electrons. The summed E-state index contributed by atoms with van der Waals surface area (Å²) in [5.74, 6) is 1.87. The van der Waals surface area contributed by atoms with E-state index in [0.717, 1.165) is 21.3 Å². The van der Waals surface area contributed by atoms with Gasteiger partial charge in [-0.1, -0.05) is 15.9 Å². The van der Waals surface area contributed by atoms with Crippen molar-refractivity contribution in [3.05, 3.63) is 40.5 Å². The lowest BCUT2D eigenvalue weighted by Crippen LogP contribution is -2.04. The number of aromatic nitrogens is 3. The fourth-order valence-electron chi connectivity index (χ4n) is 1.89. The first-order chi connectivity index (χ1) is 8.63. The summed E-state index contributed by atoms with van der Waals surface area (Å²) in [5.41, 5.74) is 7.74. The molecule has 6 heteroatoms. The molecule has 0 aliphatic rings. The second kappa shape index (κ2) is 4.13. The van der Waals surface area contributed by atoms with Crippen LogP contribution >= 0.6 is 15.9 Å². The van der Waals surface area contributed by atoms with E-state index in [4.69, 9.17) is 10.2 Å². The molecular weight excluding hydrogens is 296 g/mol. The summed E-state index contributed by atoms with van der Waals surface area (Å²) >= 11 is 3.44. The van der Waals surface area contributed by atoms with Crippen LogP contribution in [0.2, 0.25) is 0 Å². The molecule has 0 radical (unpaired) electrons. The average molecular weight is 307 g/mol. The van der Waals surface area contributed by atoms with Crippen LogP contribution in [-0.2, 0) is 6.54 Å². The van der Waals surface area contributed by atoms with Crippen LogP contribution in [0, 0.1) is 6.92 Å². The zero-order valence-corrected chi connectivity index (χ0v) is 11.3. The molecule has 0 unspecified atom stereocenters. The molecule has 1 aromatic carbocycles. The zero-order chi connectivity index (χ0) is 12.7. The van der Waals surface area contributed by atoms with E-state index in [0.29, 0.717) is 18.4 Å². The minimum atomic E-state index is 0.457. The van der Waals surface area contributed by atoms with Gasteiger partial charge < -0.3 is 14.7 Å². The van der Waals surface area contributed by atoms with Gasteiger partial charge in [-0.25, -0.2) is 9.97 Å². The van der Waals surface area contributed by atoms with Crippen molar-refractivity contribution in [3.63, 3.8) is 0 Å². The lowest BCUT2D eigenvalue weighted by molar-refractivity contribution is 0.461. The van der Waals surface area contributed by atoms with Crippen LogP contribution in [0.5, 0.6) is 0 Å². The van der Waals surface area contributed by atoms with Gasteiger partial charge in [-0.15, -0.1) is 0 Å². The van der Waals surface area contributed by atoms with Gasteiger partial charge in [-0.05, 0) is 25.1 Å². The lowest BCUT2D eigenvalue weighted by atomic mass is 10.3. The van der Waals surface area contributed by atoms with Crippen LogP contribution < -0.4 is 5.73 Å². The highest BCUT2D eigenvalue weighted by Gasteiger charge is 2.11. The first kappa shape index (κ1) is 11.3. The van der Waals surface area contributed by atoms with Gasteiger partial charge in [0.15, 0.2) is 0 Å². The summed E-state index contributed by atoms with van der Waals surface area (Å²) in [6.45, 7) is 2.34. The minimum absolute atomic E-state index is 0.457. The van der Waals surface area contributed by atoms with Crippen molar-refractivity contribution in [1.29, 1.82) is 0 Å². The number of rotatable bonds is 2. The fourth-order valence-corrected chi connectivity index (χ4v) is 2.24. The van der Waals surface area contributed by atoms with E-state index >= 15 is 0 Å². The molecule has 0 saturated heterocycles. The molecule has 0 bridgehead atoms. The third-order valence-electron chi connectivity index (χ3n) is 2.70. The Hall–Kier alpha value is -1.82. The Balaban J connectivity index is 2.10. The van der Waals surface area contributed by atoms with Crippen molar-refractivity contribution < 1.29 is 4.42 Å². The Bertz CT molecular complexity index is 716. The van der Waals surface area contributed by atoms with Gasteiger partial charge in [0.2, 0.25) is 11.8 Å². The summed E-state index contributed by atoms with van der Waals surface area (Å²) in [4.78, 5) is 8.49. The number of anilines is 1. The number of benzene rings is 1. The van der Waals surface area contributed by atoms with Gasteiger partial charge >= 0.3 is 0 Å². The largest absolute Gasteiger partial charge is 0.444 e. The molecule has 2 N–H and O–H groups in total. The van der Waals surface area contributed by atoms with Crippen molar-refractivity contribution >= 4 is 32.9 Å². The summed E-state index contributed by atoms with van der Waals surface area (Å²) in [6.07, 6.45) is 1.69. The molecule has 0 spiro atoms. The minimum Gasteiger partial charge on any atom is -0.444 e. The molecular formula is C12H11BrN4O. The fraction of sp³-hybridized carbons (Fsp3) is 0.167. The standard InChI is InChI=1S/C12H11BrN4O/c1-7-5-15-11(18-7)6-17-10-4-8(13)2-3-9(10)16-12(17)14/h2-5H,6H2,1H3,(H2,14,16). The van der Waals surface area contributed by atoms with Crippen molar-refractivity contribution in [2.75, 3.05) is 5.73 Å². The van der Waals surface area contributed by atoms with Crippen LogP contribution in [0.3, 0.4) is 0 Å². The topological polar surface area (TPSA) is 69.9 Å². The SMILES string of the molecule is Cc1cnc(Cn2c(N)nc3ccc(Br)cc32)o1. The number of nitrogen functional groups attached to an aromatic ring is 1. The van der Waals surface area contributed by atoms with Crippen LogP contribution in [-0.4, -0.2) is 14.5 Å². The van der Waals surface area contributed by atoms with Crippen molar-refractivity contribution in [2.45, 2.75) is 13.5 Å². The summed E-state index contributed by atoms with van der Waals surface area (Å²) in [7, 11) is 0. The number of halogens is 1. The smallest absolute Gasteiger partial charge is 0.214 e. The number of hydrogen-bond acceptors (Lipinski definition) is 4. The molecule has 5 nitrogen and oxygen atoms in total. The van der Waals surface area contributed by atoms with E-state index in [2.05, 4.69) is 25.9 Å². The van der Waals surface area contributed by atoms with Crippen LogP contribution in [0.15, 0.2) is 33.3 Å². The van der Waals surface area contributed by atoms with E-state index in [1.807, 2.05) is 29.7 Å². The first-order valence-corrected chi connectivity index (χ1v) is 6.25. The quantitative estimate of drug-likeness (QED) is 0.790. The molecule has 0 amide bonds. The Labute approximate surface area is 112 Å². The molecule has 2 aromatic heterocycles. The molecule has 0 saturated carbocycles. The van der Waals surface area contributed by atoms with Crippen molar-refractivity contribution in [1.82, 2.24) is 14.5 Å². The maximum Gasteiger partial charge on any atom is 0.214 e.